The number of fused-ring (bicyclic) bond motifs is 1. The Kier molecular flexibility index (Phi) is 3.50. The Balaban J connectivity index is 1.99. The maximum atomic E-state index is 12.3. The number of aliphatic imine (C=N–C) groups is 1. The summed E-state index contributed by atoms with van der Waals surface area (Å²) in [5.74, 6) is 0.401. The fraction of sp³-hybridized carbons (Fsp3) is 0.154. The molecule has 5 nitrogen and oxygen atoms in total. The summed E-state index contributed by atoms with van der Waals surface area (Å²) < 4.78 is 0. The van der Waals surface area contributed by atoms with Gasteiger partial charge in [-0.3, -0.25) is 14.6 Å². The molecular weight excluding hydrogens is 298 g/mol. The second kappa shape index (κ2) is 5.30. The number of aromatic amines is 1. The van der Waals surface area contributed by atoms with Crippen molar-refractivity contribution in [2.75, 3.05) is 12.3 Å². The zero-order valence-electron chi connectivity index (χ0n) is 10.3. The van der Waals surface area contributed by atoms with Crippen LogP contribution in [0, 0.1) is 0 Å². The van der Waals surface area contributed by atoms with Gasteiger partial charge in [0, 0.05) is 22.4 Å². The zero-order chi connectivity index (χ0) is 14.1. The number of hydrogen-bond donors (Lipinski definition) is 2. The van der Waals surface area contributed by atoms with Crippen molar-refractivity contribution < 1.29 is 4.79 Å². The molecule has 2 heterocycles. The van der Waals surface area contributed by atoms with Crippen LogP contribution in [0.5, 0.6) is 0 Å². The van der Waals surface area contributed by atoms with Crippen molar-refractivity contribution in [1.82, 2.24) is 10.3 Å². The number of H-pyrrole nitrogens is 1. The van der Waals surface area contributed by atoms with Crippen molar-refractivity contribution in [3.63, 3.8) is 0 Å². The number of carbonyl (C=O) groups is 1. The Morgan fingerprint density at radius 3 is 3.05 bits per heavy atom. The normalized spacial score (nSPS) is 14.3. The minimum Gasteiger partial charge on any atom is -0.360 e. The second-order valence-electron chi connectivity index (χ2n) is 4.21. The van der Waals surface area contributed by atoms with Crippen molar-refractivity contribution in [2.24, 2.45) is 4.99 Å². The van der Waals surface area contributed by atoms with Crippen LogP contribution in [0.15, 0.2) is 34.2 Å². The highest BCUT2D eigenvalue weighted by Crippen LogP contribution is 2.15. The van der Waals surface area contributed by atoms with Crippen LogP contribution in [0.2, 0.25) is 5.02 Å². The summed E-state index contributed by atoms with van der Waals surface area (Å²) in [6.07, 6.45) is 1.40. The number of benzene rings is 1. The lowest BCUT2D eigenvalue weighted by molar-refractivity contribution is 0.0977. The lowest BCUT2D eigenvalue weighted by Crippen LogP contribution is -2.31. The maximum absolute atomic E-state index is 12.3. The number of nitrogens with zero attached hydrogens (tertiary/aromatic N) is 1. The fourth-order valence-electron chi connectivity index (χ4n) is 1.94. The van der Waals surface area contributed by atoms with Crippen LogP contribution in [0.25, 0.3) is 10.9 Å². The van der Waals surface area contributed by atoms with Crippen LogP contribution in [-0.4, -0.2) is 28.4 Å². The van der Waals surface area contributed by atoms with Gasteiger partial charge in [-0.15, -0.1) is 0 Å². The van der Waals surface area contributed by atoms with Crippen molar-refractivity contribution in [1.29, 1.82) is 0 Å². The molecule has 0 saturated heterocycles. The van der Waals surface area contributed by atoms with Crippen molar-refractivity contribution >= 4 is 45.3 Å². The summed E-state index contributed by atoms with van der Waals surface area (Å²) in [7, 11) is 0. The highest BCUT2D eigenvalue weighted by Gasteiger charge is 2.16. The van der Waals surface area contributed by atoms with Crippen LogP contribution in [-0.2, 0) is 0 Å². The van der Waals surface area contributed by atoms with Gasteiger partial charge in [-0.25, -0.2) is 0 Å². The van der Waals surface area contributed by atoms with E-state index in [1.165, 1.54) is 18.0 Å². The number of amidine groups is 1. The van der Waals surface area contributed by atoms with Gasteiger partial charge in [0.2, 0.25) is 5.43 Å². The van der Waals surface area contributed by atoms with E-state index in [0.29, 0.717) is 27.6 Å². The molecule has 2 N–H and O–H groups in total. The van der Waals surface area contributed by atoms with Gasteiger partial charge < -0.3 is 10.3 Å². The first-order valence-corrected chi connectivity index (χ1v) is 7.31. The molecule has 0 spiro atoms. The third-order valence-corrected chi connectivity index (χ3v) is 4.02. The van der Waals surface area contributed by atoms with Gasteiger partial charge in [0.25, 0.3) is 5.91 Å². The van der Waals surface area contributed by atoms with Crippen LogP contribution in [0.4, 0.5) is 0 Å². The number of aromatic nitrogens is 1. The average molecular weight is 308 g/mol. The number of pyridine rings is 1. The Morgan fingerprint density at radius 1 is 1.45 bits per heavy atom. The maximum Gasteiger partial charge on any atom is 0.262 e. The first-order chi connectivity index (χ1) is 9.65. The third kappa shape index (κ3) is 2.44. The van der Waals surface area contributed by atoms with E-state index < -0.39 is 5.91 Å². The van der Waals surface area contributed by atoms with Gasteiger partial charge in [0.1, 0.15) is 5.56 Å². The summed E-state index contributed by atoms with van der Waals surface area (Å²) in [5.41, 5.74) is 0.346. The predicted octanol–water partition coefficient (Wildman–Crippen LogP) is 2.01. The molecule has 0 radical (unpaired) electrons. The third-order valence-electron chi connectivity index (χ3n) is 2.89. The SMILES string of the molecule is O=C(NC1=NCCS1)c1c[nH]c2cc(Cl)ccc2c1=O. The van der Waals surface area contributed by atoms with Gasteiger partial charge in [-0.05, 0) is 18.2 Å². The number of amides is 1. The minimum atomic E-state index is -0.448. The van der Waals surface area contributed by atoms with Crippen molar-refractivity contribution in [3.8, 4) is 0 Å². The van der Waals surface area contributed by atoms with Crippen molar-refractivity contribution in [2.45, 2.75) is 0 Å². The molecule has 1 aromatic carbocycles. The second-order valence-corrected chi connectivity index (χ2v) is 5.73. The molecule has 1 aliphatic heterocycles. The molecule has 20 heavy (non-hydrogen) atoms. The molecule has 1 aromatic heterocycles. The van der Waals surface area contributed by atoms with Crippen LogP contribution < -0.4 is 10.7 Å². The molecule has 0 saturated carbocycles. The lowest BCUT2D eigenvalue weighted by atomic mass is 10.1. The van der Waals surface area contributed by atoms with E-state index in [9.17, 15) is 9.59 Å². The number of halogens is 1. The smallest absolute Gasteiger partial charge is 0.262 e. The largest absolute Gasteiger partial charge is 0.360 e. The fourth-order valence-corrected chi connectivity index (χ4v) is 2.83. The van der Waals surface area contributed by atoms with Gasteiger partial charge >= 0.3 is 0 Å². The monoisotopic (exact) mass is 307 g/mol. The number of thioether (sulfide) groups is 1. The summed E-state index contributed by atoms with van der Waals surface area (Å²) in [6, 6.07) is 4.88. The Hall–Kier alpha value is -1.79. The quantitative estimate of drug-likeness (QED) is 0.846. The molecule has 0 unspecified atom stereocenters. The first kappa shape index (κ1) is 13.2. The topological polar surface area (TPSA) is 74.3 Å². The lowest BCUT2D eigenvalue weighted by Gasteiger charge is -2.05. The van der Waals surface area contributed by atoms with Crippen LogP contribution in [0.1, 0.15) is 10.4 Å². The van der Waals surface area contributed by atoms with Gasteiger partial charge in [0.05, 0.1) is 12.1 Å². The standard InChI is InChI=1S/C13H10ClN3O2S/c14-7-1-2-8-10(5-7)16-6-9(11(8)18)12(19)17-13-15-3-4-20-13/h1-2,5-6H,3-4H2,(H,16,18)(H,15,17,19). The van der Waals surface area contributed by atoms with E-state index in [2.05, 4.69) is 15.3 Å². The van der Waals surface area contributed by atoms with E-state index in [1.54, 1.807) is 18.2 Å². The summed E-state index contributed by atoms with van der Waals surface area (Å²) >= 11 is 7.33. The Morgan fingerprint density at radius 2 is 2.30 bits per heavy atom. The van der Waals surface area contributed by atoms with E-state index in [0.717, 1.165) is 5.75 Å². The Bertz CT molecular complexity index is 785. The van der Waals surface area contributed by atoms with E-state index in [4.69, 9.17) is 11.6 Å². The molecule has 7 heteroatoms. The van der Waals surface area contributed by atoms with E-state index >= 15 is 0 Å². The molecule has 1 aliphatic rings. The molecule has 1 amide bonds. The molecular formula is C13H10ClN3O2S. The molecule has 2 aromatic rings. The number of nitrogens with one attached hydrogen (secondary N) is 2. The highest BCUT2D eigenvalue weighted by molar-refractivity contribution is 8.14. The molecule has 102 valence electrons. The summed E-state index contributed by atoms with van der Waals surface area (Å²) in [5, 5.41) is 4.16. The van der Waals surface area contributed by atoms with E-state index in [-0.39, 0.29) is 11.0 Å². The Labute approximate surface area is 123 Å². The number of hydrogen-bond acceptors (Lipinski definition) is 4. The molecule has 3 rings (SSSR count). The van der Waals surface area contributed by atoms with Gasteiger partial charge in [-0.2, -0.15) is 0 Å². The first-order valence-electron chi connectivity index (χ1n) is 5.95. The average Bonchev–Trinajstić information content (AvgIpc) is 2.91. The number of carbonyl (C=O) groups excluding carboxylic acids is 1. The van der Waals surface area contributed by atoms with Crippen LogP contribution in [0.3, 0.4) is 0 Å². The van der Waals surface area contributed by atoms with Crippen molar-refractivity contribution in [3.05, 3.63) is 45.2 Å². The molecule has 0 bridgehead atoms. The molecule has 0 atom stereocenters. The van der Waals surface area contributed by atoms with Gasteiger partial charge in [0.15, 0.2) is 5.17 Å². The highest BCUT2D eigenvalue weighted by atomic mass is 35.5. The summed E-state index contributed by atoms with van der Waals surface area (Å²) in [4.78, 5) is 31.4. The van der Waals surface area contributed by atoms with E-state index in [1.807, 2.05) is 0 Å². The minimum absolute atomic E-state index is 0.0648. The summed E-state index contributed by atoms with van der Waals surface area (Å²) in [6.45, 7) is 0.687. The van der Waals surface area contributed by atoms with Gasteiger partial charge in [-0.1, -0.05) is 23.4 Å². The van der Waals surface area contributed by atoms with Crippen LogP contribution >= 0.6 is 23.4 Å². The predicted molar refractivity (Wildman–Crippen MR) is 81.8 cm³/mol. The number of rotatable bonds is 1. The zero-order valence-corrected chi connectivity index (χ0v) is 11.8. The molecule has 0 fully saturated rings. The molecule has 0 aliphatic carbocycles.